The minimum Gasteiger partial charge on any atom is -0.492 e. The molecule has 2 rings (SSSR count). The van der Waals surface area contributed by atoms with Crippen LogP contribution in [0.3, 0.4) is 0 Å². The van der Waals surface area contributed by atoms with Crippen molar-refractivity contribution < 1.29 is 9.53 Å². The van der Waals surface area contributed by atoms with Crippen molar-refractivity contribution in [3.8, 4) is 5.75 Å². The number of nitrogens with one attached hydrogen (secondary N) is 1. The molecule has 0 radical (unpaired) electrons. The van der Waals surface area contributed by atoms with Crippen LogP contribution in [0.15, 0.2) is 18.2 Å². The predicted molar refractivity (Wildman–Crippen MR) is 84.6 cm³/mol. The first-order chi connectivity index (χ1) is 10.1. The van der Waals surface area contributed by atoms with Gasteiger partial charge in [0.15, 0.2) is 0 Å². The van der Waals surface area contributed by atoms with Gasteiger partial charge in [-0.3, -0.25) is 4.79 Å². The molecule has 116 valence electrons. The summed E-state index contributed by atoms with van der Waals surface area (Å²) < 4.78 is 5.38. The van der Waals surface area contributed by atoms with Gasteiger partial charge in [0.25, 0.3) is 5.91 Å². The van der Waals surface area contributed by atoms with E-state index in [1.165, 1.54) is 12.8 Å². The monoisotopic (exact) mass is 291 g/mol. The molecule has 0 saturated carbocycles. The molecule has 21 heavy (non-hydrogen) atoms. The first-order valence-corrected chi connectivity index (χ1v) is 7.65. The molecule has 0 aliphatic carbocycles. The van der Waals surface area contributed by atoms with Gasteiger partial charge in [-0.15, -0.1) is 0 Å². The SMILES string of the molecule is CCOc1ccc(C(=O)NC(C)CN2CCCC2)cc1N. The van der Waals surface area contributed by atoms with Crippen LogP contribution in [0.5, 0.6) is 5.75 Å². The van der Waals surface area contributed by atoms with Gasteiger partial charge in [0, 0.05) is 18.2 Å². The highest BCUT2D eigenvalue weighted by molar-refractivity contribution is 5.95. The molecule has 0 aromatic heterocycles. The Labute approximate surface area is 126 Å². The Balaban J connectivity index is 1.91. The molecule has 0 bridgehead atoms. The van der Waals surface area contributed by atoms with Gasteiger partial charge < -0.3 is 20.7 Å². The highest BCUT2D eigenvalue weighted by atomic mass is 16.5. The number of anilines is 1. The van der Waals surface area contributed by atoms with Gasteiger partial charge in [-0.25, -0.2) is 0 Å². The van der Waals surface area contributed by atoms with Crippen LogP contribution < -0.4 is 15.8 Å². The number of nitrogens with two attached hydrogens (primary N) is 1. The number of nitrogen functional groups attached to an aromatic ring is 1. The fraction of sp³-hybridized carbons (Fsp3) is 0.562. The quantitative estimate of drug-likeness (QED) is 0.785. The number of nitrogens with zero attached hydrogens (tertiary/aromatic N) is 1. The molecule has 0 spiro atoms. The van der Waals surface area contributed by atoms with Crippen molar-refractivity contribution in [3.63, 3.8) is 0 Å². The molecule has 1 heterocycles. The average molecular weight is 291 g/mol. The van der Waals surface area contributed by atoms with Gasteiger partial charge in [-0.1, -0.05) is 0 Å². The number of hydrogen-bond donors (Lipinski definition) is 2. The molecule has 1 saturated heterocycles. The Bertz CT molecular complexity index is 484. The summed E-state index contributed by atoms with van der Waals surface area (Å²) in [5.74, 6) is 0.538. The van der Waals surface area contributed by atoms with Crippen LogP contribution in [0, 0.1) is 0 Å². The number of carbonyl (C=O) groups excluding carboxylic acids is 1. The zero-order valence-corrected chi connectivity index (χ0v) is 12.9. The second kappa shape index (κ2) is 7.31. The maximum Gasteiger partial charge on any atom is 0.251 e. The summed E-state index contributed by atoms with van der Waals surface area (Å²) >= 11 is 0. The third-order valence-corrected chi connectivity index (χ3v) is 3.68. The van der Waals surface area contributed by atoms with E-state index in [-0.39, 0.29) is 11.9 Å². The van der Waals surface area contributed by atoms with Crippen molar-refractivity contribution in [2.24, 2.45) is 0 Å². The highest BCUT2D eigenvalue weighted by Crippen LogP contribution is 2.22. The van der Waals surface area contributed by atoms with Crippen LogP contribution in [-0.2, 0) is 0 Å². The molecule has 1 aromatic carbocycles. The number of likely N-dealkylation sites (tertiary alicyclic amines) is 1. The van der Waals surface area contributed by atoms with Crippen LogP contribution in [0.25, 0.3) is 0 Å². The Morgan fingerprint density at radius 1 is 1.43 bits per heavy atom. The predicted octanol–water partition coefficient (Wildman–Crippen LogP) is 1.88. The zero-order chi connectivity index (χ0) is 15.2. The van der Waals surface area contributed by atoms with Crippen molar-refractivity contribution in [3.05, 3.63) is 23.8 Å². The molecule has 5 heteroatoms. The number of ether oxygens (including phenoxy) is 1. The highest BCUT2D eigenvalue weighted by Gasteiger charge is 2.17. The lowest BCUT2D eigenvalue weighted by atomic mass is 10.1. The molecule has 1 fully saturated rings. The zero-order valence-electron chi connectivity index (χ0n) is 12.9. The lowest BCUT2D eigenvalue weighted by molar-refractivity contribution is 0.0932. The summed E-state index contributed by atoms with van der Waals surface area (Å²) in [7, 11) is 0. The van der Waals surface area contributed by atoms with E-state index in [0.29, 0.717) is 23.6 Å². The minimum atomic E-state index is -0.0866. The molecular formula is C16H25N3O2. The number of benzene rings is 1. The minimum absolute atomic E-state index is 0.0866. The van der Waals surface area contributed by atoms with Gasteiger partial charge in [-0.2, -0.15) is 0 Å². The van der Waals surface area contributed by atoms with Gasteiger partial charge in [-0.05, 0) is 58.0 Å². The van der Waals surface area contributed by atoms with Crippen molar-refractivity contribution in [2.75, 3.05) is 32.0 Å². The molecule has 1 atom stereocenters. The van der Waals surface area contributed by atoms with Crippen LogP contribution in [0.4, 0.5) is 5.69 Å². The Hall–Kier alpha value is -1.75. The van der Waals surface area contributed by atoms with Crippen LogP contribution >= 0.6 is 0 Å². The second-order valence-corrected chi connectivity index (χ2v) is 5.57. The number of rotatable bonds is 6. The molecule has 3 N–H and O–H groups in total. The fourth-order valence-corrected chi connectivity index (χ4v) is 2.68. The van der Waals surface area contributed by atoms with Gasteiger partial charge in [0.05, 0.1) is 12.3 Å². The summed E-state index contributed by atoms with van der Waals surface area (Å²) in [5.41, 5.74) is 6.97. The van der Waals surface area contributed by atoms with E-state index >= 15 is 0 Å². The first kappa shape index (κ1) is 15.6. The van der Waals surface area contributed by atoms with Crippen molar-refractivity contribution in [2.45, 2.75) is 32.7 Å². The van der Waals surface area contributed by atoms with Crippen LogP contribution in [0.1, 0.15) is 37.0 Å². The summed E-state index contributed by atoms with van der Waals surface area (Å²) in [6.45, 7) is 7.67. The molecule has 1 aromatic rings. The summed E-state index contributed by atoms with van der Waals surface area (Å²) in [6, 6.07) is 5.30. The number of hydrogen-bond acceptors (Lipinski definition) is 4. The number of amides is 1. The lowest BCUT2D eigenvalue weighted by Crippen LogP contribution is -2.41. The Morgan fingerprint density at radius 2 is 2.14 bits per heavy atom. The fourth-order valence-electron chi connectivity index (χ4n) is 2.68. The van der Waals surface area contributed by atoms with Crippen LogP contribution in [0.2, 0.25) is 0 Å². The van der Waals surface area contributed by atoms with E-state index in [1.54, 1.807) is 18.2 Å². The molecule has 1 unspecified atom stereocenters. The second-order valence-electron chi connectivity index (χ2n) is 5.57. The van der Waals surface area contributed by atoms with E-state index in [1.807, 2.05) is 13.8 Å². The lowest BCUT2D eigenvalue weighted by Gasteiger charge is -2.21. The molecular weight excluding hydrogens is 266 g/mol. The van der Waals surface area contributed by atoms with Crippen molar-refractivity contribution in [1.82, 2.24) is 10.2 Å². The Kier molecular flexibility index (Phi) is 5.44. The van der Waals surface area contributed by atoms with Gasteiger partial charge in [0.2, 0.25) is 0 Å². The number of carbonyl (C=O) groups is 1. The summed E-state index contributed by atoms with van der Waals surface area (Å²) in [6.07, 6.45) is 2.52. The smallest absolute Gasteiger partial charge is 0.251 e. The normalized spacial score (nSPS) is 16.7. The topological polar surface area (TPSA) is 67.6 Å². The van der Waals surface area contributed by atoms with Crippen LogP contribution in [-0.4, -0.2) is 43.1 Å². The largest absolute Gasteiger partial charge is 0.492 e. The average Bonchev–Trinajstić information content (AvgIpc) is 2.93. The third-order valence-electron chi connectivity index (χ3n) is 3.68. The first-order valence-electron chi connectivity index (χ1n) is 7.65. The standard InChI is InChI=1S/C16H25N3O2/c1-3-21-15-7-6-13(10-14(15)17)16(20)18-12(2)11-19-8-4-5-9-19/h6-7,10,12H,3-5,8-9,11,17H2,1-2H3,(H,18,20). The van der Waals surface area contributed by atoms with Gasteiger partial charge >= 0.3 is 0 Å². The maximum atomic E-state index is 12.2. The van der Waals surface area contributed by atoms with E-state index in [9.17, 15) is 4.79 Å². The van der Waals surface area contributed by atoms with Gasteiger partial charge in [0.1, 0.15) is 5.75 Å². The van der Waals surface area contributed by atoms with E-state index in [0.717, 1.165) is 19.6 Å². The molecule has 1 amide bonds. The van der Waals surface area contributed by atoms with E-state index in [2.05, 4.69) is 10.2 Å². The van der Waals surface area contributed by atoms with Crippen molar-refractivity contribution >= 4 is 11.6 Å². The maximum absolute atomic E-state index is 12.2. The summed E-state index contributed by atoms with van der Waals surface area (Å²) in [4.78, 5) is 14.6. The Morgan fingerprint density at radius 3 is 2.76 bits per heavy atom. The summed E-state index contributed by atoms with van der Waals surface area (Å²) in [5, 5.41) is 3.02. The van der Waals surface area contributed by atoms with E-state index < -0.39 is 0 Å². The third kappa shape index (κ3) is 4.36. The molecule has 1 aliphatic rings. The van der Waals surface area contributed by atoms with E-state index in [4.69, 9.17) is 10.5 Å². The molecule has 1 aliphatic heterocycles. The molecule has 5 nitrogen and oxygen atoms in total. The van der Waals surface area contributed by atoms with Crippen molar-refractivity contribution in [1.29, 1.82) is 0 Å².